The number of carboxylic acid groups (broad SMARTS) is 1. The third-order valence-electron chi connectivity index (χ3n) is 8.19. The smallest absolute Gasteiger partial charge is 0.307 e. The minimum absolute atomic E-state index is 0.0921. The zero-order valence-corrected chi connectivity index (χ0v) is 21.3. The summed E-state index contributed by atoms with van der Waals surface area (Å²) in [4.78, 5) is 32.8. The van der Waals surface area contributed by atoms with Gasteiger partial charge in [-0.3, -0.25) is 9.59 Å². The molecule has 3 N–H and O–H groups in total. The summed E-state index contributed by atoms with van der Waals surface area (Å²) in [5.74, 6) is 1.46. The maximum absolute atomic E-state index is 12.9. The number of ether oxygens (including phenoxy) is 1. The number of allylic oxidation sites excluding steroid dienone is 1. The van der Waals surface area contributed by atoms with Crippen molar-refractivity contribution in [3.05, 3.63) is 35.7 Å². The van der Waals surface area contributed by atoms with E-state index in [9.17, 15) is 14.7 Å². The Kier molecular flexibility index (Phi) is 7.82. The number of nitrogens with zero attached hydrogens (tertiary/aromatic N) is 1. The fourth-order valence-corrected chi connectivity index (χ4v) is 6.10. The zero-order chi connectivity index (χ0) is 25.1. The Bertz CT molecular complexity index is 1090. The largest absolute Gasteiger partial charge is 0.497 e. The minimum atomic E-state index is -0.842. The molecule has 1 fully saturated rings. The lowest BCUT2D eigenvalue weighted by molar-refractivity contribution is -0.149. The first-order valence-corrected chi connectivity index (χ1v) is 13.0. The summed E-state index contributed by atoms with van der Waals surface area (Å²) >= 11 is 0. The number of carbonyl (C=O) groups excluding carboxylic acids is 1. The number of rotatable bonds is 8. The number of benzene rings is 1. The molecule has 2 aliphatic rings. The maximum atomic E-state index is 12.9. The second-order valence-electron chi connectivity index (χ2n) is 10.8. The molecule has 1 heterocycles. The third kappa shape index (κ3) is 5.71. The molecule has 2 aromatic rings. The lowest BCUT2D eigenvalue weighted by Crippen LogP contribution is -2.43. The molecular formula is C28H39N3O4. The van der Waals surface area contributed by atoms with Crippen molar-refractivity contribution in [3.8, 4) is 5.75 Å². The van der Waals surface area contributed by atoms with Gasteiger partial charge in [0.15, 0.2) is 0 Å². The number of nitrogens with one attached hydrogen (secondary N) is 2. The fourth-order valence-electron chi connectivity index (χ4n) is 6.10. The van der Waals surface area contributed by atoms with Gasteiger partial charge in [-0.05, 0) is 62.0 Å². The SMILES string of the molecule is COc1ccc2nc(CC3CC(C(C)C)C(CNC(=O)C4CCCCC4C(=O)O)C=C3C)[nH]c2c1. The summed E-state index contributed by atoms with van der Waals surface area (Å²) in [6.45, 7) is 7.25. The van der Waals surface area contributed by atoms with Crippen LogP contribution in [0.4, 0.5) is 0 Å². The number of aromatic nitrogens is 2. The van der Waals surface area contributed by atoms with E-state index in [1.807, 2.05) is 18.2 Å². The van der Waals surface area contributed by atoms with Gasteiger partial charge in [-0.1, -0.05) is 38.3 Å². The molecule has 4 rings (SSSR count). The molecular weight excluding hydrogens is 442 g/mol. The monoisotopic (exact) mass is 481 g/mol. The Morgan fingerprint density at radius 3 is 2.66 bits per heavy atom. The summed E-state index contributed by atoms with van der Waals surface area (Å²) < 4.78 is 5.33. The molecule has 0 aliphatic heterocycles. The van der Waals surface area contributed by atoms with Crippen molar-refractivity contribution in [3.63, 3.8) is 0 Å². The molecule has 1 aromatic heterocycles. The van der Waals surface area contributed by atoms with Crippen molar-refractivity contribution in [1.29, 1.82) is 0 Å². The normalized spacial score (nSPS) is 27.0. The van der Waals surface area contributed by atoms with Gasteiger partial charge in [0.05, 0.1) is 30.0 Å². The van der Waals surface area contributed by atoms with Crippen LogP contribution < -0.4 is 10.1 Å². The summed E-state index contributed by atoms with van der Waals surface area (Å²) in [5, 5.41) is 12.7. The molecule has 0 bridgehead atoms. The average Bonchev–Trinajstić information content (AvgIpc) is 3.25. The lowest BCUT2D eigenvalue weighted by atomic mass is 9.69. The molecule has 7 nitrogen and oxygen atoms in total. The van der Waals surface area contributed by atoms with Crippen LogP contribution in [0.5, 0.6) is 5.75 Å². The van der Waals surface area contributed by atoms with Gasteiger partial charge in [0.25, 0.3) is 0 Å². The van der Waals surface area contributed by atoms with Crippen LogP contribution in [0.2, 0.25) is 0 Å². The van der Waals surface area contributed by atoms with Gasteiger partial charge in [0, 0.05) is 19.0 Å². The Balaban J connectivity index is 1.43. The molecule has 1 amide bonds. The van der Waals surface area contributed by atoms with Gasteiger partial charge in [-0.2, -0.15) is 0 Å². The number of hydrogen-bond donors (Lipinski definition) is 3. The van der Waals surface area contributed by atoms with Crippen LogP contribution in [0, 0.1) is 35.5 Å². The highest BCUT2D eigenvalue weighted by Gasteiger charge is 2.37. The van der Waals surface area contributed by atoms with Crippen molar-refractivity contribution in [1.82, 2.24) is 15.3 Å². The first kappa shape index (κ1) is 25.3. The quantitative estimate of drug-likeness (QED) is 0.462. The second-order valence-corrected chi connectivity index (χ2v) is 10.8. The molecule has 7 heteroatoms. The third-order valence-corrected chi connectivity index (χ3v) is 8.19. The van der Waals surface area contributed by atoms with Gasteiger partial charge >= 0.3 is 5.97 Å². The highest BCUT2D eigenvalue weighted by molar-refractivity contribution is 5.84. The Hall–Kier alpha value is -2.83. The number of methoxy groups -OCH3 is 1. The molecule has 0 radical (unpaired) electrons. The first-order chi connectivity index (χ1) is 16.8. The number of H-pyrrole nitrogens is 1. The van der Waals surface area contributed by atoms with E-state index in [-0.39, 0.29) is 11.8 Å². The van der Waals surface area contributed by atoms with Crippen LogP contribution in [0.1, 0.15) is 58.7 Å². The van der Waals surface area contributed by atoms with Crippen LogP contribution in [0.15, 0.2) is 29.8 Å². The van der Waals surface area contributed by atoms with E-state index in [2.05, 4.69) is 37.1 Å². The lowest BCUT2D eigenvalue weighted by Gasteiger charge is -2.37. The molecule has 190 valence electrons. The molecule has 35 heavy (non-hydrogen) atoms. The Morgan fingerprint density at radius 2 is 1.97 bits per heavy atom. The highest BCUT2D eigenvalue weighted by atomic mass is 16.5. The van der Waals surface area contributed by atoms with Crippen LogP contribution in [0.3, 0.4) is 0 Å². The number of hydrogen-bond acceptors (Lipinski definition) is 4. The molecule has 1 aromatic carbocycles. The first-order valence-electron chi connectivity index (χ1n) is 13.0. The molecule has 5 atom stereocenters. The van der Waals surface area contributed by atoms with Crippen LogP contribution in [-0.2, 0) is 16.0 Å². The van der Waals surface area contributed by atoms with Crippen molar-refractivity contribution in [2.24, 2.45) is 35.5 Å². The van der Waals surface area contributed by atoms with E-state index in [0.717, 1.165) is 48.3 Å². The summed E-state index contributed by atoms with van der Waals surface area (Å²) in [6.07, 6.45) is 7.31. The number of aliphatic carboxylic acids is 1. The maximum Gasteiger partial charge on any atom is 0.307 e. The number of aromatic amines is 1. The number of imidazole rings is 1. The van der Waals surface area contributed by atoms with Gasteiger partial charge in [-0.25, -0.2) is 4.98 Å². The molecule has 1 saturated carbocycles. The van der Waals surface area contributed by atoms with Gasteiger partial charge < -0.3 is 20.1 Å². The van der Waals surface area contributed by atoms with Crippen LogP contribution in [-0.4, -0.2) is 40.6 Å². The predicted octanol–water partition coefficient (Wildman–Crippen LogP) is 4.98. The van der Waals surface area contributed by atoms with Crippen LogP contribution >= 0.6 is 0 Å². The van der Waals surface area contributed by atoms with E-state index >= 15 is 0 Å². The predicted molar refractivity (Wildman–Crippen MR) is 136 cm³/mol. The topological polar surface area (TPSA) is 104 Å². The number of carboxylic acids is 1. The summed E-state index contributed by atoms with van der Waals surface area (Å²) in [7, 11) is 1.67. The van der Waals surface area contributed by atoms with E-state index in [1.54, 1.807) is 7.11 Å². The van der Waals surface area contributed by atoms with E-state index in [4.69, 9.17) is 9.72 Å². The molecule has 5 unspecified atom stereocenters. The van der Waals surface area contributed by atoms with Gasteiger partial charge in [-0.15, -0.1) is 0 Å². The minimum Gasteiger partial charge on any atom is -0.497 e. The van der Waals surface area contributed by atoms with E-state index in [0.29, 0.717) is 37.1 Å². The van der Waals surface area contributed by atoms with Crippen molar-refractivity contribution < 1.29 is 19.4 Å². The second kappa shape index (κ2) is 10.8. The summed E-state index contributed by atoms with van der Waals surface area (Å²) in [5.41, 5.74) is 3.27. The highest BCUT2D eigenvalue weighted by Crippen LogP contribution is 2.39. The van der Waals surface area contributed by atoms with Crippen molar-refractivity contribution >= 4 is 22.9 Å². The average molecular weight is 482 g/mol. The molecule has 2 aliphatic carbocycles. The Morgan fingerprint density at radius 1 is 1.23 bits per heavy atom. The van der Waals surface area contributed by atoms with Crippen LogP contribution in [0.25, 0.3) is 11.0 Å². The van der Waals surface area contributed by atoms with E-state index in [1.165, 1.54) is 5.57 Å². The van der Waals surface area contributed by atoms with Gasteiger partial charge in [0.1, 0.15) is 11.6 Å². The van der Waals surface area contributed by atoms with Gasteiger partial charge in [0.2, 0.25) is 5.91 Å². The molecule has 0 saturated heterocycles. The van der Waals surface area contributed by atoms with Crippen molar-refractivity contribution in [2.75, 3.05) is 13.7 Å². The Labute approximate surface area is 207 Å². The number of fused-ring (bicyclic) bond motifs is 1. The number of amides is 1. The molecule has 0 spiro atoms. The van der Waals surface area contributed by atoms with E-state index < -0.39 is 17.8 Å². The number of carbonyl (C=O) groups is 2. The van der Waals surface area contributed by atoms with Crippen molar-refractivity contribution in [2.45, 2.75) is 59.3 Å². The fraction of sp³-hybridized carbons (Fsp3) is 0.607. The summed E-state index contributed by atoms with van der Waals surface area (Å²) in [6, 6.07) is 5.89. The zero-order valence-electron chi connectivity index (χ0n) is 21.3. The standard InChI is InChI=1S/C28H39N3O4/c1-16(2)23-12-18(13-26-30-24-10-9-20(35-4)14-25(24)31-26)17(3)11-19(23)15-29-27(32)21-7-5-6-8-22(21)28(33)34/h9-11,14,16,18-19,21-23H,5-8,12-13,15H2,1-4H3,(H,29,32)(H,30,31)(H,33,34).